The highest BCUT2D eigenvalue weighted by molar-refractivity contribution is 8.18. The summed E-state index contributed by atoms with van der Waals surface area (Å²) in [6.45, 7) is 4.30. The molecule has 0 radical (unpaired) electrons. The second kappa shape index (κ2) is 9.75. The van der Waals surface area contributed by atoms with Gasteiger partial charge in [-0.1, -0.05) is 54.1 Å². The quantitative estimate of drug-likeness (QED) is 0.478. The van der Waals surface area contributed by atoms with Crippen LogP contribution >= 0.6 is 11.8 Å². The molecular formula is C26H22N2O4S. The zero-order valence-electron chi connectivity index (χ0n) is 18.2. The van der Waals surface area contributed by atoms with E-state index in [0.717, 1.165) is 16.7 Å². The molecule has 0 saturated carbocycles. The zero-order chi connectivity index (χ0) is 23.4. The van der Waals surface area contributed by atoms with Crippen molar-refractivity contribution in [2.45, 2.75) is 20.5 Å². The average molecular weight is 459 g/mol. The van der Waals surface area contributed by atoms with Gasteiger partial charge in [-0.05, 0) is 61.0 Å². The lowest BCUT2D eigenvalue weighted by Crippen LogP contribution is -2.19. The third kappa shape index (κ3) is 5.51. The molecule has 3 aromatic carbocycles. The lowest BCUT2D eigenvalue weighted by molar-refractivity contribution is -0.115. The number of rotatable bonds is 6. The molecule has 3 aromatic rings. The molecule has 0 bridgehead atoms. The first kappa shape index (κ1) is 22.4. The summed E-state index contributed by atoms with van der Waals surface area (Å²) in [4.78, 5) is 28.7. The molecule has 1 fully saturated rings. The minimum absolute atomic E-state index is 0.143. The van der Waals surface area contributed by atoms with E-state index in [2.05, 4.69) is 10.3 Å². The van der Waals surface area contributed by atoms with E-state index in [0.29, 0.717) is 28.1 Å². The summed E-state index contributed by atoms with van der Waals surface area (Å²) in [5.41, 5.74) is 4.49. The van der Waals surface area contributed by atoms with Gasteiger partial charge in [0.05, 0.1) is 16.2 Å². The first-order valence-corrected chi connectivity index (χ1v) is 11.1. The van der Waals surface area contributed by atoms with Gasteiger partial charge < -0.3 is 15.2 Å². The maximum Gasteiger partial charge on any atom is 0.335 e. The number of carbonyl (C=O) groups is 2. The Kier molecular flexibility index (Phi) is 6.60. The fourth-order valence-corrected chi connectivity index (χ4v) is 4.00. The van der Waals surface area contributed by atoms with Gasteiger partial charge in [0, 0.05) is 5.56 Å². The van der Waals surface area contributed by atoms with Crippen LogP contribution in [0, 0.1) is 13.8 Å². The largest absolute Gasteiger partial charge is 0.488 e. The molecule has 1 aliphatic rings. The number of benzene rings is 3. The highest BCUT2D eigenvalue weighted by Gasteiger charge is 2.24. The Labute approximate surface area is 196 Å². The number of carboxylic acids is 1. The van der Waals surface area contributed by atoms with Gasteiger partial charge in [-0.25, -0.2) is 9.79 Å². The number of hydrogen-bond acceptors (Lipinski definition) is 5. The third-order valence-electron chi connectivity index (χ3n) is 5.05. The van der Waals surface area contributed by atoms with Crippen LogP contribution in [0.1, 0.15) is 32.6 Å². The minimum Gasteiger partial charge on any atom is -0.488 e. The van der Waals surface area contributed by atoms with E-state index < -0.39 is 5.97 Å². The summed E-state index contributed by atoms with van der Waals surface area (Å²) >= 11 is 1.20. The van der Waals surface area contributed by atoms with E-state index in [1.807, 2.05) is 62.4 Å². The predicted molar refractivity (Wildman–Crippen MR) is 131 cm³/mol. The molecule has 4 rings (SSSR count). The molecular weight excluding hydrogens is 436 g/mol. The van der Waals surface area contributed by atoms with Gasteiger partial charge in [0.15, 0.2) is 5.17 Å². The second-order valence-corrected chi connectivity index (χ2v) is 8.63. The summed E-state index contributed by atoms with van der Waals surface area (Å²) in [6.07, 6.45) is 1.77. The van der Waals surface area contributed by atoms with E-state index in [1.165, 1.54) is 29.5 Å². The molecule has 1 saturated heterocycles. The number of nitrogens with one attached hydrogen (secondary N) is 1. The van der Waals surface area contributed by atoms with Gasteiger partial charge >= 0.3 is 5.97 Å². The zero-order valence-corrected chi connectivity index (χ0v) is 19.0. The summed E-state index contributed by atoms with van der Waals surface area (Å²) in [5, 5.41) is 12.4. The molecule has 0 spiro atoms. The topological polar surface area (TPSA) is 88.0 Å². The van der Waals surface area contributed by atoms with Gasteiger partial charge in [0.2, 0.25) is 0 Å². The smallest absolute Gasteiger partial charge is 0.335 e. The molecule has 6 nitrogen and oxygen atoms in total. The molecule has 1 aliphatic heterocycles. The number of amidine groups is 1. The van der Waals surface area contributed by atoms with Crippen molar-refractivity contribution < 1.29 is 19.4 Å². The Hall–Kier alpha value is -3.84. The van der Waals surface area contributed by atoms with Gasteiger partial charge in [0.1, 0.15) is 12.4 Å². The Morgan fingerprint density at radius 2 is 1.85 bits per heavy atom. The molecule has 0 atom stereocenters. The maximum absolute atomic E-state index is 12.5. The van der Waals surface area contributed by atoms with Crippen LogP contribution in [-0.4, -0.2) is 22.2 Å². The number of ether oxygens (including phenoxy) is 1. The van der Waals surface area contributed by atoms with Crippen LogP contribution in [0.25, 0.3) is 6.08 Å². The molecule has 0 unspecified atom stereocenters. The van der Waals surface area contributed by atoms with E-state index in [9.17, 15) is 14.7 Å². The summed E-state index contributed by atoms with van der Waals surface area (Å²) < 4.78 is 6.01. The predicted octanol–water partition coefficient (Wildman–Crippen LogP) is 5.47. The van der Waals surface area contributed by atoms with Gasteiger partial charge in [-0.3, -0.25) is 4.79 Å². The summed E-state index contributed by atoms with van der Waals surface area (Å²) in [7, 11) is 0. The first-order valence-electron chi connectivity index (χ1n) is 10.3. The van der Waals surface area contributed by atoms with E-state index in [-0.39, 0.29) is 11.5 Å². The number of hydrogen-bond donors (Lipinski definition) is 2. The number of carboxylic acid groups (broad SMARTS) is 1. The van der Waals surface area contributed by atoms with Crippen LogP contribution in [0.15, 0.2) is 76.6 Å². The van der Waals surface area contributed by atoms with E-state index >= 15 is 0 Å². The fraction of sp³-hybridized carbons (Fsp3) is 0.115. The van der Waals surface area contributed by atoms with Crippen LogP contribution in [0.3, 0.4) is 0 Å². The minimum atomic E-state index is -1.03. The molecule has 0 aliphatic carbocycles. The second-order valence-electron chi connectivity index (χ2n) is 7.60. The van der Waals surface area contributed by atoms with Crippen molar-refractivity contribution in [2.75, 3.05) is 0 Å². The monoisotopic (exact) mass is 458 g/mol. The van der Waals surface area contributed by atoms with Gasteiger partial charge in [0.25, 0.3) is 5.91 Å². The molecule has 33 heavy (non-hydrogen) atoms. The third-order valence-corrected chi connectivity index (χ3v) is 5.96. The standard InChI is InChI=1S/C26H22N2O4S/c1-16-7-10-18(11-8-16)15-32-22-6-4-3-5-19(22)14-23-24(29)28-26(33-23)27-21-13-20(25(30)31)12-9-17(21)2/h3-14H,15H2,1-2H3,(H,30,31)(H,27,28,29). The van der Waals surface area contributed by atoms with Crippen molar-refractivity contribution in [1.29, 1.82) is 0 Å². The fourth-order valence-electron chi connectivity index (χ4n) is 3.17. The van der Waals surface area contributed by atoms with E-state index in [4.69, 9.17) is 4.74 Å². The number of aryl methyl sites for hydroxylation is 2. The van der Waals surface area contributed by atoms with Crippen LogP contribution in [0.4, 0.5) is 5.69 Å². The summed E-state index contributed by atoms with van der Waals surface area (Å²) in [5.74, 6) is -0.615. The average Bonchev–Trinajstić information content (AvgIpc) is 3.14. The van der Waals surface area contributed by atoms with Crippen molar-refractivity contribution >= 4 is 40.6 Å². The molecule has 1 heterocycles. The number of aromatic carboxylic acids is 1. The van der Waals surface area contributed by atoms with Gasteiger partial charge in [-0.2, -0.15) is 0 Å². The van der Waals surface area contributed by atoms with Crippen molar-refractivity contribution in [2.24, 2.45) is 4.99 Å². The Morgan fingerprint density at radius 1 is 1.09 bits per heavy atom. The lowest BCUT2D eigenvalue weighted by Gasteiger charge is -2.10. The van der Waals surface area contributed by atoms with Crippen molar-refractivity contribution in [3.63, 3.8) is 0 Å². The molecule has 1 amide bonds. The number of aliphatic imine (C=N–C) groups is 1. The van der Waals surface area contributed by atoms with Crippen LogP contribution in [-0.2, 0) is 11.4 Å². The normalized spacial score (nSPS) is 15.6. The SMILES string of the molecule is Cc1ccc(COc2ccccc2C=C2SC(=Nc3cc(C(=O)O)ccc3C)NC2=O)cc1. The molecule has 166 valence electrons. The number of thioether (sulfide) groups is 1. The van der Waals surface area contributed by atoms with E-state index in [1.54, 1.807) is 12.1 Å². The van der Waals surface area contributed by atoms with Crippen molar-refractivity contribution in [1.82, 2.24) is 5.32 Å². The highest BCUT2D eigenvalue weighted by Crippen LogP contribution is 2.31. The number of nitrogens with zero attached hydrogens (tertiary/aromatic N) is 1. The Balaban J connectivity index is 1.54. The van der Waals surface area contributed by atoms with Crippen LogP contribution < -0.4 is 10.1 Å². The maximum atomic E-state index is 12.5. The number of amides is 1. The highest BCUT2D eigenvalue weighted by atomic mass is 32.2. The lowest BCUT2D eigenvalue weighted by atomic mass is 10.1. The molecule has 2 N–H and O–H groups in total. The first-order chi connectivity index (χ1) is 15.9. The van der Waals surface area contributed by atoms with Gasteiger partial charge in [-0.15, -0.1) is 0 Å². The molecule has 0 aromatic heterocycles. The Bertz CT molecular complexity index is 1280. The summed E-state index contributed by atoms with van der Waals surface area (Å²) in [6, 6.07) is 20.4. The molecule has 7 heteroatoms. The Morgan fingerprint density at radius 3 is 2.61 bits per heavy atom. The van der Waals surface area contributed by atoms with Crippen LogP contribution in [0.2, 0.25) is 0 Å². The van der Waals surface area contributed by atoms with Crippen molar-refractivity contribution in [3.8, 4) is 5.75 Å². The number of carbonyl (C=O) groups excluding carboxylic acids is 1. The number of para-hydroxylation sites is 1. The van der Waals surface area contributed by atoms with Crippen LogP contribution in [0.5, 0.6) is 5.75 Å². The van der Waals surface area contributed by atoms with Crippen molar-refractivity contribution in [3.05, 3.63) is 99.5 Å².